The topological polar surface area (TPSA) is 74.7 Å². The van der Waals surface area contributed by atoms with Gasteiger partial charge in [0.25, 0.3) is 0 Å². The Kier molecular flexibility index (Phi) is 4.68. The lowest BCUT2D eigenvalue weighted by Crippen LogP contribution is -2.03. The molecular formula is C17H15Cl2N3O. The Balaban J connectivity index is 0.000000960. The zero-order valence-corrected chi connectivity index (χ0v) is 13.6. The second-order valence-electron chi connectivity index (χ2n) is 5.10. The lowest BCUT2D eigenvalue weighted by atomic mass is 10.1. The molecule has 0 aliphatic carbocycles. The van der Waals surface area contributed by atoms with Crippen LogP contribution in [-0.2, 0) is 0 Å². The van der Waals surface area contributed by atoms with Gasteiger partial charge in [-0.05, 0) is 30.3 Å². The Morgan fingerprint density at radius 3 is 2.52 bits per heavy atom. The summed E-state index contributed by atoms with van der Waals surface area (Å²) in [5.74, 6) is 0. The number of fused-ring (bicyclic) bond motifs is 3. The summed E-state index contributed by atoms with van der Waals surface area (Å²) >= 11 is 0. The van der Waals surface area contributed by atoms with Gasteiger partial charge in [-0.1, -0.05) is 12.1 Å². The van der Waals surface area contributed by atoms with Crippen LogP contribution in [0.4, 0.5) is 5.69 Å². The first-order valence-corrected chi connectivity index (χ1v) is 6.71. The van der Waals surface area contributed by atoms with Crippen molar-refractivity contribution < 1.29 is 0 Å². The van der Waals surface area contributed by atoms with E-state index in [0.29, 0.717) is 11.1 Å². The van der Waals surface area contributed by atoms with E-state index < -0.39 is 0 Å². The van der Waals surface area contributed by atoms with Gasteiger partial charge in [-0.25, -0.2) is 0 Å². The third-order valence-electron chi connectivity index (χ3n) is 3.73. The van der Waals surface area contributed by atoms with Crippen LogP contribution in [0.15, 0.2) is 59.5 Å². The fourth-order valence-electron chi connectivity index (χ4n) is 2.71. The number of nitrogen functional groups attached to an aromatic ring is 1. The molecule has 4 N–H and O–H groups in total. The van der Waals surface area contributed by atoms with E-state index in [1.54, 1.807) is 6.07 Å². The average molecular weight is 348 g/mol. The van der Waals surface area contributed by atoms with Crippen LogP contribution in [0.25, 0.3) is 33.1 Å². The number of rotatable bonds is 1. The van der Waals surface area contributed by atoms with Gasteiger partial charge in [0, 0.05) is 45.5 Å². The van der Waals surface area contributed by atoms with Gasteiger partial charge in [0.2, 0.25) is 0 Å². The van der Waals surface area contributed by atoms with Crippen LogP contribution in [0, 0.1) is 0 Å². The van der Waals surface area contributed by atoms with Crippen molar-refractivity contribution in [3.05, 3.63) is 65.0 Å². The Hall–Kier alpha value is -2.43. The van der Waals surface area contributed by atoms with Crippen LogP contribution in [0.1, 0.15) is 0 Å². The van der Waals surface area contributed by atoms with Gasteiger partial charge in [-0.2, -0.15) is 0 Å². The van der Waals surface area contributed by atoms with Crippen molar-refractivity contribution in [1.82, 2.24) is 9.97 Å². The highest BCUT2D eigenvalue weighted by Gasteiger charge is 2.08. The van der Waals surface area contributed by atoms with Crippen LogP contribution in [0.2, 0.25) is 0 Å². The fourth-order valence-corrected chi connectivity index (χ4v) is 2.71. The zero-order chi connectivity index (χ0) is 14.4. The minimum atomic E-state index is 0. The highest BCUT2D eigenvalue weighted by atomic mass is 35.5. The first kappa shape index (κ1) is 16.9. The summed E-state index contributed by atoms with van der Waals surface area (Å²) in [6.45, 7) is 0. The molecule has 2 aromatic carbocycles. The van der Waals surface area contributed by atoms with E-state index in [2.05, 4.69) is 9.97 Å². The molecule has 6 heteroatoms. The lowest BCUT2D eigenvalue weighted by molar-refractivity contribution is 1.39. The van der Waals surface area contributed by atoms with Crippen LogP contribution in [0.3, 0.4) is 0 Å². The second kappa shape index (κ2) is 6.36. The van der Waals surface area contributed by atoms with Gasteiger partial charge in [0.15, 0.2) is 5.43 Å². The SMILES string of the molecule is Cl.Cl.Nc1cccc(-c2cc(=O)c3ccc4[nH]ccc4c3[nH]2)c1. The highest BCUT2D eigenvalue weighted by Crippen LogP contribution is 2.25. The van der Waals surface area contributed by atoms with Gasteiger partial charge in [0.1, 0.15) is 0 Å². The maximum atomic E-state index is 12.4. The maximum absolute atomic E-state index is 12.4. The molecule has 0 amide bonds. The molecule has 118 valence electrons. The van der Waals surface area contributed by atoms with Crippen molar-refractivity contribution in [3.8, 4) is 11.3 Å². The number of pyridine rings is 1. The molecule has 0 spiro atoms. The summed E-state index contributed by atoms with van der Waals surface area (Å²) in [6.07, 6.45) is 1.87. The van der Waals surface area contributed by atoms with E-state index >= 15 is 0 Å². The molecule has 4 rings (SSSR count). The number of aromatic nitrogens is 2. The molecule has 0 saturated carbocycles. The number of hydrogen-bond acceptors (Lipinski definition) is 2. The molecule has 0 aliphatic rings. The summed E-state index contributed by atoms with van der Waals surface area (Å²) in [5, 5.41) is 1.70. The summed E-state index contributed by atoms with van der Waals surface area (Å²) in [6, 6.07) is 14.9. The maximum Gasteiger partial charge on any atom is 0.190 e. The molecule has 0 bridgehead atoms. The average Bonchev–Trinajstić information content (AvgIpc) is 2.96. The largest absolute Gasteiger partial charge is 0.399 e. The molecule has 2 heterocycles. The number of halogens is 2. The first-order valence-electron chi connectivity index (χ1n) is 6.71. The van der Waals surface area contributed by atoms with Crippen molar-refractivity contribution in [3.63, 3.8) is 0 Å². The predicted octanol–water partition coefficient (Wildman–Crippen LogP) is 4.10. The molecule has 0 unspecified atom stereocenters. The van der Waals surface area contributed by atoms with E-state index in [1.165, 1.54) is 0 Å². The predicted molar refractivity (Wildman–Crippen MR) is 101 cm³/mol. The number of anilines is 1. The molecule has 4 nitrogen and oxygen atoms in total. The van der Waals surface area contributed by atoms with E-state index in [0.717, 1.165) is 27.7 Å². The third kappa shape index (κ3) is 2.79. The van der Waals surface area contributed by atoms with Crippen molar-refractivity contribution in [2.24, 2.45) is 0 Å². The smallest absolute Gasteiger partial charge is 0.190 e. The van der Waals surface area contributed by atoms with Crippen molar-refractivity contribution in [2.45, 2.75) is 0 Å². The van der Waals surface area contributed by atoms with E-state index in [-0.39, 0.29) is 30.2 Å². The van der Waals surface area contributed by atoms with E-state index in [4.69, 9.17) is 5.73 Å². The van der Waals surface area contributed by atoms with Gasteiger partial charge in [0.05, 0.1) is 5.52 Å². The van der Waals surface area contributed by atoms with Crippen molar-refractivity contribution in [2.75, 3.05) is 5.73 Å². The summed E-state index contributed by atoms with van der Waals surface area (Å²) in [5.41, 5.74) is 10.0. The van der Waals surface area contributed by atoms with Crippen molar-refractivity contribution >= 4 is 52.3 Å². The molecule has 2 aromatic heterocycles. The van der Waals surface area contributed by atoms with E-state index in [1.807, 2.05) is 48.7 Å². The van der Waals surface area contributed by atoms with Crippen LogP contribution < -0.4 is 11.2 Å². The van der Waals surface area contributed by atoms with Crippen LogP contribution in [-0.4, -0.2) is 9.97 Å². The quantitative estimate of drug-likeness (QED) is 0.453. The molecule has 0 fully saturated rings. The number of nitrogens with two attached hydrogens (primary N) is 1. The number of benzene rings is 2. The molecule has 23 heavy (non-hydrogen) atoms. The van der Waals surface area contributed by atoms with Crippen LogP contribution >= 0.6 is 24.8 Å². The summed E-state index contributed by atoms with van der Waals surface area (Å²) in [7, 11) is 0. The fraction of sp³-hybridized carbons (Fsp3) is 0. The van der Waals surface area contributed by atoms with Crippen LogP contribution in [0.5, 0.6) is 0 Å². The Labute approximate surface area is 144 Å². The number of nitrogens with one attached hydrogen (secondary N) is 2. The van der Waals surface area contributed by atoms with E-state index in [9.17, 15) is 4.79 Å². The highest BCUT2D eigenvalue weighted by molar-refractivity contribution is 6.04. The molecule has 0 saturated heterocycles. The molecule has 0 aliphatic heterocycles. The van der Waals surface area contributed by atoms with Gasteiger partial charge >= 0.3 is 0 Å². The Bertz CT molecular complexity index is 1040. The molecule has 4 aromatic rings. The van der Waals surface area contributed by atoms with Gasteiger partial charge in [-0.3, -0.25) is 4.79 Å². The van der Waals surface area contributed by atoms with Gasteiger partial charge < -0.3 is 15.7 Å². The first-order chi connectivity index (χ1) is 10.2. The Morgan fingerprint density at radius 2 is 1.74 bits per heavy atom. The number of aromatic amines is 2. The minimum absolute atomic E-state index is 0. The third-order valence-corrected chi connectivity index (χ3v) is 3.73. The number of H-pyrrole nitrogens is 2. The monoisotopic (exact) mass is 347 g/mol. The Morgan fingerprint density at radius 1 is 0.913 bits per heavy atom. The zero-order valence-electron chi connectivity index (χ0n) is 12.0. The molecule has 0 radical (unpaired) electrons. The second-order valence-corrected chi connectivity index (χ2v) is 5.10. The molecule has 0 atom stereocenters. The lowest BCUT2D eigenvalue weighted by Gasteiger charge is -2.06. The minimum Gasteiger partial charge on any atom is -0.399 e. The number of hydrogen-bond donors (Lipinski definition) is 3. The van der Waals surface area contributed by atoms with Crippen molar-refractivity contribution in [1.29, 1.82) is 0 Å². The standard InChI is InChI=1S/C17H13N3O.2ClH/c18-11-3-1-2-10(8-11)15-9-16(21)13-4-5-14-12(6-7-19-14)17(13)20-15;;/h1-9,19H,18H2,(H,20,21);2*1H. The van der Waals surface area contributed by atoms with Gasteiger partial charge in [-0.15, -0.1) is 24.8 Å². The summed E-state index contributed by atoms with van der Waals surface area (Å²) < 4.78 is 0. The molecular weight excluding hydrogens is 333 g/mol. The normalized spacial score (nSPS) is 10.3. The summed E-state index contributed by atoms with van der Waals surface area (Å²) in [4.78, 5) is 18.9.